The van der Waals surface area contributed by atoms with Crippen LogP contribution >= 0.6 is 0 Å². The molecule has 0 heterocycles. The number of ketones is 1. The van der Waals surface area contributed by atoms with E-state index in [-0.39, 0.29) is 5.78 Å². The van der Waals surface area contributed by atoms with Crippen LogP contribution in [-0.2, 0) is 11.3 Å². The zero-order valence-electron chi connectivity index (χ0n) is 10.2. The molecule has 0 radical (unpaired) electrons. The molecule has 0 unspecified atom stereocenters. The Kier molecular flexibility index (Phi) is 4.99. The third-order valence-corrected chi connectivity index (χ3v) is 2.47. The summed E-state index contributed by atoms with van der Waals surface area (Å²) in [5, 5.41) is 0. The van der Waals surface area contributed by atoms with Crippen LogP contribution in [0.15, 0.2) is 24.3 Å². The SMILES string of the molecule is CCC(=O)CN(C)Cc1ccccc1OC. The van der Waals surface area contributed by atoms with Gasteiger partial charge in [-0.3, -0.25) is 9.69 Å². The number of ether oxygens (including phenoxy) is 1. The number of likely N-dealkylation sites (N-methyl/N-ethyl adjacent to an activating group) is 1. The first kappa shape index (κ1) is 12.7. The van der Waals surface area contributed by atoms with Gasteiger partial charge < -0.3 is 4.74 Å². The summed E-state index contributed by atoms with van der Waals surface area (Å²) in [4.78, 5) is 13.3. The van der Waals surface area contributed by atoms with Gasteiger partial charge in [0.15, 0.2) is 0 Å². The number of hydrogen-bond acceptors (Lipinski definition) is 3. The number of methoxy groups -OCH3 is 1. The Balaban J connectivity index is 2.61. The van der Waals surface area contributed by atoms with E-state index in [2.05, 4.69) is 0 Å². The minimum absolute atomic E-state index is 0.261. The smallest absolute Gasteiger partial charge is 0.146 e. The summed E-state index contributed by atoms with van der Waals surface area (Å²) in [5.74, 6) is 1.13. The first-order valence-corrected chi connectivity index (χ1v) is 5.49. The summed E-state index contributed by atoms with van der Waals surface area (Å²) >= 11 is 0. The lowest BCUT2D eigenvalue weighted by molar-refractivity contribution is -0.119. The molecule has 0 amide bonds. The molecule has 0 N–H and O–H groups in total. The fourth-order valence-electron chi connectivity index (χ4n) is 1.59. The van der Waals surface area contributed by atoms with Crippen LogP contribution in [0, 0.1) is 0 Å². The number of nitrogens with zero attached hydrogens (tertiary/aromatic N) is 1. The van der Waals surface area contributed by atoms with Crippen molar-refractivity contribution < 1.29 is 9.53 Å². The highest BCUT2D eigenvalue weighted by Crippen LogP contribution is 2.18. The number of Topliss-reactive ketones (excluding diaryl/α,β-unsaturated/α-hetero) is 1. The van der Waals surface area contributed by atoms with Crippen molar-refractivity contribution in [3.63, 3.8) is 0 Å². The third-order valence-electron chi connectivity index (χ3n) is 2.47. The van der Waals surface area contributed by atoms with Gasteiger partial charge in [-0.2, -0.15) is 0 Å². The molecule has 1 rings (SSSR count). The van der Waals surface area contributed by atoms with Crippen molar-refractivity contribution in [2.75, 3.05) is 20.7 Å². The lowest BCUT2D eigenvalue weighted by Gasteiger charge is -2.17. The van der Waals surface area contributed by atoms with Gasteiger partial charge in [-0.05, 0) is 13.1 Å². The summed E-state index contributed by atoms with van der Waals surface area (Å²) in [6.45, 7) is 3.11. The molecule has 0 fully saturated rings. The molecule has 0 aliphatic rings. The van der Waals surface area contributed by atoms with Crippen LogP contribution in [0.2, 0.25) is 0 Å². The third kappa shape index (κ3) is 3.66. The van der Waals surface area contributed by atoms with Crippen LogP contribution in [-0.4, -0.2) is 31.4 Å². The van der Waals surface area contributed by atoms with Crippen molar-refractivity contribution in [3.8, 4) is 5.75 Å². The Labute approximate surface area is 97.0 Å². The first-order chi connectivity index (χ1) is 7.67. The van der Waals surface area contributed by atoms with E-state index in [1.807, 2.05) is 43.1 Å². The highest BCUT2D eigenvalue weighted by Gasteiger charge is 2.08. The number of benzene rings is 1. The zero-order valence-corrected chi connectivity index (χ0v) is 10.2. The van der Waals surface area contributed by atoms with Gasteiger partial charge in [-0.15, -0.1) is 0 Å². The van der Waals surface area contributed by atoms with E-state index in [1.165, 1.54) is 0 Å². The van der Waals surface area contributed by atoms with Gasteiger partial charge in [0.25, 0.3) is 0 Å². The Bertz CT molecular complexity index is 350. The fourth-order valence-corrected chi connectivity index (χ4v) is 1.59. The summed E-state index contributed by atoms with van der Waals surface area (Å²) in [7, 11) is 3.61. The zero-order chi connectivity index (χ0) is 12.0. The highest BCUT2D eigenvalue weighted by atomic mass is 16.5. The number of para-hydroxylation sites is 1. The average molecular weight is 221 g/mol. The molecule has 0 aliphatic carbocycles. The maximum absolute atomic E-state index is 11.3. The standard InChI is InChI=1S/C13H19NO2/c1-4-12(15)10-14(2)9-11-7-5-6-8-13(11)16-3/h5-8H,4,9-10H2,1-3H3. The summed E-state index contributed by atoms with van der Waals surface area (Å²) in [6.07, 6.45) is 0.594. The molecule has 0 saturated heterocycles. The molecular weight excluding hydrogens is 202 g/mol. The Hall–Kier alpha value is -1.35. The van der Waals surface area contributed by atoms with Gasteiger partial charge in [0.1, 0.15) is 11.5 Å². The van der Waals surface area contributed by atoms with Gasteiger partial charge in [0.2, 0.25) is 0 Å². The Morgan fingerprint density at radius 2 is 2.06 bits per heavy atom. The van der Waals surface area contributed by atoms with Crippen LogP contribution in [0.1, 0.15) is 18.9 Å². The molecule has 3 heteroatoms. The number of rotatable bonds is 6. The van der Waals surface area contributed by atoms with Gasteiger partial charge >= 0.3 is 0 Å². The predicted molar refractivity (Wildman–Crippen MR) is 64.6 cm³/mol. The summed E-state index contributed by atoms with van der Waals surface area (Å²) < 4.78 is 5.27. The van der Waals surface area contributed by atoms with Crippen molar-refractivity contribution in [3.05, 3.63) is 29.8 Å². The molecule has 3 nitrogen and oxygen atoms in total. The first-order valence-electron chi connectivity index (χ1n) is 5.49. The molecule has 1 aromatic rings. The number of carbonyl (C=O) groups is 1. The van der Waals surface area contributed by atoms with Crippen molar-refractivity contribution in [2.45, 2.75) is 19.9 Å². The van der Waals surface area contributed by atoms with Crippen molar-refractivity contribution in [1.29, 1.82) is 0 Å². The van der Waals surface area contributed by atoms with E-state index in [0.29, 0.717) is 13.0 Å². The van der Waals surface area contributed by atoms with Crippen molar-refractivity contribution >= 4 is 5.78 Å². The predicted octanol–water partition coefficient (Wildman–Crippen LogP) is 2.11. The van der Waals surface area contributed by atoms with Crippen molar-refractivity contribution in [2.24, 2.45) is 0 Å². The normalized spacial score (nSPS) is 10.5. The van der Waals surface area contributed by atoms with E-state index in [4.69, 9.17) is 4.74 Å². The second-order valence-electron chi connectivity index (χ2n) is 3.88. The van der Waals surface area contributed by atoms with E-state index < -0.39 is 0 Å². The quantitative estimate of drug-likeness (QED) is 0.736. The van der Waals surface area contributed by atoms with E-state index in [1.54, 1.807) is 7.11 Å². The van der Waals surface area contributed by atoms with E-state index in [0.717, 1.165) is 17.9 Å². The lowest BCUT2D eigenvalue weighted by atomic mass is 10.2. The largest absolute Gasteiger partial charge is 0.496 e. The molecule has 0 saturated carbocycles. The van der Waals surface area contributed by atoms with Gasteiger partial charge in [-0.1, -0.05) is 25.1 Å². The van der Waals surface area contributed by atoms with Gasteiger partial charge in [0, 0.05) is 18.5 Å². The molecule has 0 aromatic heterocycles. The molecule has 0 bridgehead atoms. The molecule has 88 valence electrons. The Morgan fingerprint density at radius 1 is 1.38 bits per heavy atom. The molecule has 0 spiro atoms. The Morgan fingerprint density at radius 3 is 2.69 bits per heavy atom. The van der Waals surface area contributed by atoms with E-state index >= 15 is 0 Å². The second-order valence-corrected chi connectivity index (χ2v) is 3.88. The molecule has 1 aromatic carbocycles. The maximum atomic E-state index is 11.3. The summed E-state index contributed by atoms with van der Waals surface area (Å²) in [6, 6.07) is 7.88. The van der Waals surface area contributed by atoms with Gasteiger partial charge in [-0.25, -0.2) is 0 Å². The highest BCUT2D eigenvalue weighted by molar-refractivity contribution is 5.80. The monoisotopic (exact) mass is 221 g/mol. The van der Waals surface area contributed by atoms with Crippen LogP contribution in [0.5, 0.6) is 5.75 Å². The number of hydrogen-bond donors (Lipinski definition) is 0. The molecule has 0 atom stereocenters. The minimum atomic E-state index is 0.261. The summed E-state index contributed by atoms with van der Waals surface area (Å²) in [5.41, 5.74) is 1.11. The maximum Gasteiger partial charge on any atom is 0.146 e. The average Bonchev–Trinajstić information content (AvgIpc) is 2.29. The fraction of sp³-hybridized carbons (Fsp3) is 0.462. The minimum Gasteiger partial charge on any atom is -0.496 e. The number of carbonyl (C=O) groups excluding carboxylic acids is 1. The van der Waals surface area contributed by atoms with Crippen LogP contribution in [0.4, 0.5) is 0 Å². The van der Waals surface area contributed by atoms with Crippen LogP contribution in [0.25, 0.3) is 0 Å². The van der Waals surface area contributed by atoms with Crippen LogP contribution in [0.3, 0.4) is 0 Å². The van der Waals surface area contributed by atoms with E-state index in [9.17, 15) is 4.79 Å². The van der Waals surface area contributed by atoms with Crippen LogP contribution < -0.4 is 4.74 Å². The molecule has 0 aliphatic heterocycles. The second kappa shape index (κ2) is 6.28. The van der Waals surface area contributed by atoms with Gasteiger partial charge in [0.05, 0.1) is 13.7 Å². The molecule has 16 heavy (non-hydrogen) atoms. The lowest BCUT2D eigenvalue weighted by Crippen LogP contribution is -2.25. The topological polar surface area (TPSA) is 29.5 Å². The van der Waals surface area contributed by atoms with Crippen molar-refractivity contribution in [1.82, 2.24) is 4.90 Å². The molecular formula is C13H19NO2.